The van der Waals surface area contributed by atoms with E-state index >= 15 is 0 Å². The highest BCUT2D eigenvalue weighted by atomic mass is 35.5. The van der Waals surface area contributed by atoms with Crippen molar-refractivity contribution in [2.45, 2.75) is 12.0 Å². The molecule has 106 valence electrons. The third kappa shape index (κ3) is 3.49. The minimum Gasteiger partial charge on any atom is -0.388 e. The molecule has 20 heavy (non-hydrogen) atoms. The van der Waals surface area contributed by atoms with Crippen LogP contribution in [0, 0.1) is 5.82 Å². The Balaban J connectivity index is 2.33. The van der Waals surface area contributed by atoms with Crippen molar-refractivity contribution in [2.24, 2.45) is 5.73 Å². The molecular formula is C15H14Cl2FNO. The lowest BCUT2D eigenvalue weighted by atomic mass is 9.89. The second-order valence-corrected chi connectivity index (χ2v) is 5.41. The van der Waals surface area contributed by atoms with Crippen molar-refractivity contribution in [3.8, 4) is 0 Å². The van der Waals surface area contributed by atoms with Gasteiger partial charge in [0.05, 0.1) is 6.10 Å². The Morgan fingerprint density at radius 2 is 1.55 bits per heavy atom. The molecule has 0 aliphatic carbocycles. The standard InChI is InChI=1S/C15H14Cl2FNO/c16-11-5-10(6-12(17)7-11)15(20)14(8-19)9-1-3-13(18)4-2-9/h1-7,14-15,20H,8,19H2. The van der Waals surface area contributed by atoms with Crippen LogP contribution in [0.4, 0.5) is 4.39 Å². The molecule has 0 saturated heterocycles. The first kappa shape index (κ1) is 15.3. The minimum atomic E-state index is -0.860. The van der Waals surface area contributed by atoms with Gasteiger partial charge in [-0.3, -0.25) is 0 Å². The molecule has 0 bridgehead atoms. The number of aliphatic hydroxyl groups excluding tert-OH is 1. The smallest absolute Gasteiger partial charge is 0.123 e. The van der Waals surface area contributed by atoms with Gasteiger partial charge < -0.3 is 10.8 Å². The molecule has 2 unspecified atom stereocenters. The SMILES string of the molecule is NCC(c1ccc(F)cc1)C(O)c1cc(Cl)cc(Cl)c1. The molecular weight excluding hydrogens is 300 g/mol. The lowest BCUT2D eigenvalue weighted by Crippen LogP contribution is -2.20. The van der Waals surface area contributed by atoms with Crippen LogP contribution in [-0.2, 0) is 0 Å². The highest BCUT2D eigenvalue weighted by molar-refractivity contribution is 6.34. The van der Waals surface area contributed by atoms with Crippen molar-refractivity contribution in [1.82, 2.24) is 0 Å². The minimum absolute atomic E-state index is 0.219. The van der Waals surface area contributed by atoms with E-state index in [0.29, 0.717) is 15.6 Å². The molecule has 0 heterocycles. The monoisotopic (exact) mass is 313 g/mol. The summed E-state index contributed by atoms with van der Waals surface area (Å²) in [5, 5.41) is 11.4. The fourth-order valence-electron chi connectivity index (χ4n) is 2.14. The Morgan fingerprint density at radius 1 is 1.00 bits per heavy atom. The predicted octanol–water partition coefficient (Wildman–Crippen LogP) is 3.91. The maximum absolute atomic E-state index is 13.0. The first-order valence-corrected chi connectivity index (χ1v) is 6.86. The average molecular weight is 314 g/mol. The molecule has 0 radical (unpaired) electrons. The highest BCUT2D eigenvalue weighted by Crippen LogP contribution is 2.33. The third-order valence-electron chi connectivity index (χ3n) is 3.16. The topological polar surface area (TPSA) is 46.2 Å². The van der Waals surface area contributed by atoms with E-state index < -0.39 is 6.10 Å². The first-order valence-electron chi connectivity index (χ1n) is 6.11. The quantitative estimate of drug-likeness (QED) is 0.899. The molecule has 2 aromatic carbocycles. The van der Waals surface area contributed by atoms with Gasteiger partial charge in [-0.05, 0) is 41.5 Å². The number of rotatable bonds is 4. The van der Waals surface area contributed by atoms with E-state index in [4.69, 9.17) is 28.9 Å². The summed E-state index contributed by atoms with van der Waals surface area (Å²) in [7, 11) is 0. The highest BCUT2D eigenvalue weighted by Gasteiger charge is 2.22. The van der Waals surface area contributed by atoms with Gasteiger partial charge in [0.25, 0.3) is 0 Å². The van der Waals surface area contributed by atoms with Crippen molar-refractivity contribution >= 4 is 23.2 Å². The molecule has 0 spiro atoms. The van der Waals surface area contributed by atoms with Gasteiger partial charge >= 0.3 is 0 Å². The molecule has 0 aromatic heterocycles. The summed E-state index contributed by atoms with van der Waals surface area (Å²) in [6, 6.07) is 10.8. The summed E-state index contributed by atoms with van der Waals surface area (Å²) in [6.07, 6.45) is -0.860. The van der Waals surface area contributed by atoms with Crippen molar-refractivity contribution in [3.05, 3.63) is 69.5 Å². The van der Waals surface area contributed by atoms with Gasteiger partial charge in [-0.15, -0.1) is 0 Å². The van der Waals surface area contributed by atoms with Gasteiger partial charge in [-0.25, -0.2) is 4.39 Å². The van der Waals surface area contributed by atoms with E-state index in [2.05, 4.69) is 0 Å². The Bertz CT molecular complexity index is 569. The van der Waals surface area contributed by atoms with Gasteiger partial charge in [-0.2, -0.15) is 0 Å². The fraction of sp³-hybridized carbons (Fsp3) is 0.200. The molecule has 5 heteroatoms. The van der Waals surface area contributed by atoms with E-state index in [1.807, 2.05) is 0 Å². The van der Waals surface area contributed by atoms with Crippen LogP contribution in [0.1, 0.15) is 23.1 Å². The van der Waals surface area contributed by atoms with Gasteiger partial charge in [0.1, 0.15) is 5.82 Å². The van der Waals surface area contributed by atoms with Crippen LogP contribution in [0.25, 0.3) is 0 Å². The lowest BCUT2D eigenvalue weighted by molar-refractivity contribution is 0.147. The molecule has 0 amide bonds. The summed E-state index contributed by atoms with van der Waals surface area (Å²) in [5.41, 5.74) is 7.08. The Kier molecular flexibility index (Phi) is 5.00. The summed E-state index contributed by atoms with van der Waals surface area (Å²) in [4.78, 5) is 0. The zero-order valence-corrected chi connectivity index (χ0v) is 12.1. The molecule has 0 aliphatic heterocycles. The van der Waals surface area contributed by atoms with Crippen LogP contribution in [0.15, 0.2) is 42.5 Å². The number of nitrogens with two attached hydrogens (primary N) is 1. The Hall–Kier alpha value is -1.13. The van der Waals surface area contributed by atoms with Crippen LogP contribution in [0.3, 0.4) is 0 Å². The number of aliphatic hydroxyl groups is 1. The maximum Gasteiger partial charge on any atom is 0.123 e. The normalized spacial score (nSPS) is 14.1. The molecule has 3 N–H and O–H groups in total. The molecule has 2 rings (SSSR count). The van der Waals surface area contributed by atoms with Crippen LogP contribution in [0.5, 0.6) is 0 Å². The van der Waals surface area contributed by atoms with Crippen LogP contribution in [0.2, 0.25) is 10.0 Å². The molecule has 0 fully saturated rings. The molecule has 0 saturated carbocycles. The molecule has 2 nitrogen and oxygen atoms in total. The molecule has 2 aromatic rings. The zero-order valence-electron chi connectivity index (χ0n) is 10.6. The third-order valence-corrected chi connectivity index (χ3v) is 3.60. The van der Waals surface area contributed by atoms with E-state index in [1.54, 1.807) is 30.3 Å². The number of hydrogen-bond acceptors (Lipinski definition) is 2. The van der Waals surface area contributed by atoms with Gasteiger partial charge in [-0.1, -0.05) is 35.3 Å². The average Bonchev–Trinajstić information content (AvgIpc) is 2.40. The maximum atomic E-state index is 13.0. The predicted molar refractivity (Wildman–Crippen MR) is 79.6 cm³/mol. The fourth-order valence-corrected chi connectivity index (χ4v) is 2.68. The summed E-state index contributed by atoms with van der Waals surface area (Å²) < 4.78 is 13.0. The van der Waals surface area contributed by atoms with E-state index in [0.717, 1.165) is 5.56 Å². The number of benzene rings is 2. The van der Waals surface area contributed by atoms with Gasteiger partial charge in [0.2, 0.25) is 0 Å². The number of hydrogen-bond donors (Lipinski definition) is 2. The zero-order chi connectivity index (χ0) is 14.7. The Labute approximate surface area is 126 Å². The van der Waals surface area contributed by atoms with Gasteiger partial charge in [0.15, 0.2) is 0 Å². The summed E-state index contributed by atoms with van der Waals surface area (Å²) in [5.74, 6) is -0.685. The van der Waals surface area contributed by atoms with Crippen molar-refractivity contribution < 1.29 is 9.50 Å². The number of halogens is 3. The van der Waals surface area contributed by atoms with E-state index in [9.17, 15) is 9.50 Å². The summed E-state index contributed by atoms with van der Waals surface area (Å²) in [6.45, 7) is 0.219. The molecule has 0 aliphatic rings. The molecule has 2 atom stereocenters. The van der Waals surface area contributed by atoms with Crippen LogP contribution in [-0.4, -0.2) is 11.7 Å². The van der Waals surface area contributed by atoms with Crippen molar-refractivity contribution in [2.75, 3.05) is 6.54 Å². The second kappa shape index (κ2) is 6.55. The Morgan fingerprint density at radius 3 is 2.05 bits per heavy atom. The lowest BCUT2D eigenvalue weighted by Gasteiger charge is -2.22. The van der Waals surface area contributed by atoms with Crippen molar-refractivity contribution in [1.29, 1.82) is 0 Å². The second-order valence-electron chi connectivity index (χ2n) is 4.54. The summed E-state index contributed by atoms with van der Waals surface area (Å²) >= 11 is 11.9. The van der Waals surface area contributed by atoms with Crippen molar-refractivity contribution in [3.63, 3.8) is 0 Å². The van der Waals surface area contributed by atoms with E-state index in [-0.39, 0.29) is 18.3 Å². The van der Waals surface area contributed by atoms with Crippen LogP contribution >= 0.6 is 23.2 Å². The first-order chi connectivity index (χ1) is 9.51. The van der Waals surface area contributed by atoms with Crippen LogP contribution < -0.4 is 5.73 Å². The largest absolute Gasteiger partial charge is 0.388 e. The van der Waals surface area contributed by atoms with E-state index in [1.165, 1.54) is 12.1 Å². The van der Waals surface area contributed by atoms with Gasteiger partial charge in [0, 0.05) is 22.5 Å².